The highest BCUT2D eigenvalue weighted by molar-refractivity contribution is 8.04. The summed E-state index contributed by atoms with van der Waals surface area (Å²) in [7, 11) is -7.02. The second-order valence-electron chi connectivity index (χ2n) is 4.22. The zero-order valence-corrected chi connectivity index (χ0v) is 13.7. The Kier molecular flexibility index (Phi) is 4.76. The Hall–Kier alpha value is -1.61. The van der Waals surface area contributed by atoms with Crippen LogP contribution in [0.15, 0.2) is 58.3 Å². The van der Waals surface area contributed by atoms with Crippen molar-refractivity contribution < 1.29 is 21.6 Å². The van der Waals surface area contributed by atoms with Gasteiger partial charge in [-0.2, -0.15) is 0 Å². The maximum atomic E-state index is 12.1. The lowest BCUT2D eigenvalue weighted by Gasteiger charge is -2.08. The average molecular weight is 362 g/mol. The van der Waals surface area contributed by atoms with Crippen molar-refractivity contribution in [3.63, 3.8) is 0 Å². The van der Waals surface area contributed by atoms with Crippen molar-refractivity contribution in [2.75, 3.05) is 7.11 Å². The molecule has 0 radical (unpaired) electrons. The molecule has 0 saturated carbocycles. The number of nitrogens with one attached hydrogen (secondary N) is 1. The third kappa shape index (κ3) is 3.77. The molecule has 1 N–H and O–H groups in total. The highest BCUT2D eigenvalue weighted by atomic mass is 35.5. The molecule has 0 amide bonds. The molecule has 0 fully saturated rings. The fourth-order valence-electron chi connectivity index (χ4n) is 1.61. The van der Waals surface area contributed by atoms with E-state index in [0.717, 1.165) is 0 Å². The van der Waals surface area contributed by atoms with Gasteiger partial charge < -0.3 is 4.74 Å². The van der Waals surface area contributed by atoms with E-state index in [9.17, 15) is 16.8 Å². The number of rotatable bonds is 5. The Balaban J connectivity index is 2.32. The molecule has 9 heteroatoms. The zero-order chi connectivity index (χ0) is 16.4. The molecule has 0 heterocycles. The number of halogens is 1. The van der Waals surface area contributed by atoms with Crippen LogP contribution in [0.5, 0.6) is 5.75 Å². The molecule has 2 rings (SSSR count). The zero-order valence-electron chi connectivity index (χ0n) is 11.4. The van der Waals surface area contributed by atoms with Crippen LogP contribution in [-0.4, -0.2) is 23.9 Å². The molecule has 22 heavy (non-hydrogen) atoms. The first-order chi connectivity index (χ1) is 10.2. The van der Waals surface area contributed by atoms with E-state index < -0.39 is 20.0 Å². The Morgan fingerprint density at radius 3 is 1.64 bits per heavy atom. The molecule has 0 aliphatic carbocycles. The van der Waals surface area contributed by atoms with E-state index in [1.165, 1.54) is 55.6 Å². The first-order valence-electron chi connectivity index (χ1n) is 5.93. The van der Waals surface area contributed by atoms with Crippen LogP contribution in [0.2, 0.25) is 5.02 Å². The summed E-state index contributed by atoms with van der Waals surface area (Å²) in [4.78, 5) is -0.389. The molecule has 0 unspecified atom stereocenters. The van der Waals surface area contributed by atoms with Crippen LogP contribution in [0.3, 0.4) is 0 Å². The summed E-state index contributed by atoms with van der Waals surface area (Å²) in [5.41, 5.74) is 0. The van der Waals surface area contributed by atoms with Gasteiger partial charge in [-0.25, -0.2) is 16.8 Å². The summed E-state index contributed by atoms with van der Waals surface area (Å²) in [5, 5.41) is 0.344. The number of ether oxygens (including phenoxy) is 1. The number of hydrogen-bond acceptors (Lipinski definition) is 5. The summed E-state index contributed by atoms with van der Waals surface area (Å²) in [6.07, 6.45) is 0. The molecular formula is C13H12ClNO5S2. The number of methoxy groups -OCH3 is 1. The van der Waals surface area contributed by atoms with Crippen LogP contribution in [0.4, 0.5) is 0 Å². The van der Waals surface area contributed by atoms with Crippen LogP contribution in [0, 0.1) is 0 Å². The van der Waals surface area contributed by atoms with Crippen molar-refractivity contribution in [1.82, 2.24) is 4.13 Å². The smallest absolute Gasteiger partial charge is 0.253 e. The monoisotopic (exact) mass is 361 g/mol. The van der Waals surface area contributed by atoms with Gasteiger partial charge in [-0.3, -0.25) is 0 Å². The fourth-order valence-corrected chi connectivity index (χ4v) is 4.65. The molecule has 0 aliphatic heterocycles. The molecule has 0 saturated heterocycles. The quantitative estimate of drug-likeness (QED) is 0.879. The van der Waals surface area contributed by atoms with E-state index in [2.05, 4.69) is 0 Å². The predicted octanol–water partition coefficient (Wildman–Crippen LogP) is 2.02. The summed E-state index contributed by atoms with van der Waals surface area (Å²) in [6, 6.07) is 10.5. The van der Waals surface area contributed by atoms with Crippen molar-refractivity contribution in [3.05, 3.63) is 53.6 Å². The maximum Gasteiger partial charge on any atom is 0.253 e. The van der Waals surface area contributed by atoms with Gasteiger partial charge in [0.15, 0.2) is 0 Å². The van der Waals surface area contributed by atoms with Gasteiger partial charge in [0.05, 0.1) is 16.9 Å². The first kappa shape index (κ1) is 16.8. The summed E-state index contributed by atoms with van der Waals surface area (Å²) in [6.45, 7) is 0. The maximum absolute atomic E-state index is 12.1. The molecule has 2 aromatic rings. The van der Waals surface area contributed by atoms with Crippen LogP contribution >= 0.6 is 11.6 Å². The van der Waals surface area contributed by atoms with Crippen molar-refractivity contribution in [3.8, 4) is 5.75 Å². The fraction of sp³-hybridized carbons (Fsp3) is 0.0769. The lowest BCUT2D eigenvalue weighted by Crippen LogP contribution is -2.30. The third-order valence-corrected chi connectivity index (χ3v) is 6.51. The SMILES string of the molecule is COc1ccc(S(=O)(=O)NS(=O)(=O)c2ccc(Cl)cc2)cc1. The van der Waals surface area contributed by atoms with Gasteiger partial charge in [-0.1, -0.05) is 11.6 Å². The van der Waals surface area contributed by atoms with Gasteiger partial charge in [-0.05, 0) is 48.5 Å². The number of sulfonamides is 2. The molecule has 0 bridgehead atoms. The normalized spacial score (nSPS) is 12.1. The summed E-state index contributed by atoms with van der Waals surface area (Å²) >= 11 is 5.67. The first-order valence-corrected chi connectivity index (χ1v) is 9.27. The van der Waals surface area contributed by atoms with Crippen LogP contribution < -0.4 is 8.86 Å². The van der Waals surface area contributed by atoms with Crippen molar-refractivity contribution in [1.29, 1.82) is 0 Å². The van der Waals surface area contributed by atoms with Crippen molar-refractivity contribution in [2.24, 2.45) is 0 Å². The van der Waals surface area contributed by atoms with Crippen LogP contribution in [-0.2, 0) is 20.0 Å². The standard InChI is InChI=1S/C13H12ClNO5S2/c1-20-11-4-8-13(9-5-11)22(18,19)15-21(16,17)12-6-2-10(14)3-7-12/h2-9,15H,1H3. The summed E-state index contributed by atoms with van der Waals surface area (Å²) < 4.78 is 55.1. The largest absolute Gasteiger partial charge is 0.497 e. The van der Waals surface area contributed by atoms with Crippen LogP contribution in [0.1, 0.15) is 0 Å². The lowest BCUT2D eigenvalue weighted by molar-refractivity contribution is 0.414. The van der Waals surface area contributed by atoms with E-state index in [1.54, 1.807) is 4.13 Å². The number of benzene rings is 2. The van der Waals surface area contributed by atoms with E-state index in [1.807, 2.05) is 0 Å². The van der Waals surface area contributed by atoms with E-state index in [4.69, 9.17) is 16.3 Å². The van der Waals surface area contributed by atoms with E-state index in [0.29, 0.717) is 10.8 Å². The molecule has 2 aromatic carbocycles. The van der Waals surface area contributed by atoms with Crippen LogP contribution in [0.25, 0.3) is 0 Å². The topological polar surface area (TPSA) is 89.5 Å². The Morgan fingerprint density at radius 1 is 0.818 bits per heavy atom. The van der Waals surface area contributed by atoms with E-state index >= 15 is 0 Å². The van der Waals surface area contributed by atoms with Gasteiger partial charge in [0.25, 0.3) is 20.0 Å². The minimum atomic E-state index is -4.23. The van der Waals surface area contributed by atoms with Gasteiger partial charge in [0, 0.05) is 5.02 Å². The third-order valence-electron chi connectivity index (χ3n) is 2.71. The average Bonchev–Trinajstić information content (AvgIpc) is 2.46. The minimum absolute atomic E-state index is 0.189. The van der Waals surface area contributed by atoms with Crippen molar-refractivity contribution in [2.45, 2.75) is 9.79 Å². The second-order valence-corrected chi connectivity index (χ2v) is 8.28. The summed E-state index contributed by atoms with van der Waals surface area (Å²) in [5.74, 6) is 0.458. The van der Waals surface area contributed by atoms with Gasteiger partial charge in [0.2, 0.25) is 0 Å². The predicted molar refractivity (Wildman–Crippen MR) is 82.0 cm³/mol. The minimum Gasteiger partial charge on any atom is -0.497 e. The molecule has 0 spiro atoms. The van der Waals surface area contributed by atoms with Gasteiger partial charge in [0.1, 0.15) is 5.75 Å². The highest BCUT2D eigenvalue weighted by Crippen LogP contribution is 2.18. The lowest BCUT2D eigenvalue weighted by atomic mass is 10.3. The van der Waals surface area contributed by atoms with E-state index in [-0.39, 0.29) is 9.79 Å². The Morgan fingerprint density at radius 2 is 1.23 bits per heavy atom. The highest BCUT2D eigenvalue weighted by Gasteiger charge is 2.24. The number of hydrogen-bond donors (Lipinski definition) is 1. The Bertz CT molecular complexity index is 860. The Labute approximate surface area is 133 Å². The molecule has 0 aliphatic rings. The molecular weight excluding hydrogens is 350 g/mol. The molecule has 6 nitrogen and oxygen atoms in total. The van der Waals surface area contributed by atoms with Gasteiger partial charge in [-0.15, -0.1) is 4.13 Å². The second kappa shape index (κ2) is 6.25. The molecule has 118 valence electrons. The molecule has 0 aromatic heterocycles. The molecule has 0 atom stereocenters. The van der Waals surface area contributed by atoms with Gasteiger partial charge >= 0.3 is 0 Å². The van der Waals surface area contributed by atoms with Crippen molar-refractivity contribution >= 4 is 31.6 Å².